The molecule has 0 radical (unpaired) electrons. The number of anilines is 1. The second-order valence-corrected chi connectivity index (χ2v) is 7.31. The normalized spacial score (nSPS) is 11.1. The summed E-state index contributed by atoms with van der Waals surface area (Å²) in [5, 5.41) is 2.96. The van der Waals surface area contributed by atoms with Crippen LogP contribution < -0.4 is 10.0 Å². The number of hydrogen-bond donors (Lipinski definition) is 2. The first-order valence-electron chi connectivity index (χ1n) is 7.59. The Morgan fingerprint density at radius 1 is 1.12 bits per heavy atom. The third kappa shape index (κ3) is 4.72. The van der Waals surface area contributed by atoms with Crippen LogP contribution >= 0.6 is 11.6 Å². The number of halogens is 1. The molecule has 0 atom stereocenters. The Kier molecular flexibility index (Phi) is 6.23. The van der Waals surface area contributed by atoms with E-state index in [-0.39, 0.29) is 15.8 Å². The fourth-order valence-corrected chi connectivity index (χ4v) is 3.39. The van der Waals surface area contributed by atoms with Gasteiger partial charge in [0.2, 0.25) is 0 Å². The lowest BCUT2D eigenvalue weighted by Gasteiger charge is -2.10. The highest BCUT2D eigenvalue weighted by Crippen LogP contribution is 2.23. The smallest absolute Gasteiger partial charge is 0.261 e. The summed E-state index contributed by atoms with van der Waals surface area (Å²) < 4.78 is 27.0. The number of rotatable bonds is 7. The van der Waals surface area contributed by atoms with Gasteiger partial charge in [-0.15, -0.1) is 0 Å². The van der Waals surface area contributed by atoms with Crippen LogP contribution in [0, 0.1) is 0 Å². The highest BCUT2D eigenvalue weighted by atomic mass is 35.5. The summed E-state index contributed by atoms with van der Waals surface area (Å²) in [6.07, 6.45) is 1.87. The van der Waals surface area contributed by atoms with Crippen molar-refractivity contribution < 1.29 is 13.2 Å². The number of benzene rings is 2. The lowest BCUT2D eigenvalue weighted by molar-refractivity contribution is 0.0953. The van der Waals surface area contributed by atoms with Crippen LogP contribution in [-0.4, -0.2) is 20.9 Å². The number of amides is 1. The molecule has 7 heteroatoms. The molecular formula is C17H19ClN2O3S. The van der Waals surface area contributed by atoms with Crippen molar-refractivity contribution in [3.05, 3.63) is 59.1 Å². The van der Waals surface area contributed by atoms with Gasteiger partial charge in [-0.25, -0.2) is 8.42 Å². The van der Waals surface area contributed by atoms with Crippen molar-refractivity contribution in [2.24, 2.45) is 0 Å². The van der Waals surface area contributed by atoms with Crippen LogP contribution in [0.1, 0.15) is 30.1 Å². The van der Waals surface area contributed by atoms with E-state index in [0.717, 1.165) is 12.8 Å². The largest absolute Gasteiger partial charge is 0.352 e. The highest BCUT2D eigenvalue weighted by Gasteiger charge is 2.15. The van der Waals surface area contributed by atoms with Crippen molar-refractivity contribution >= 4 is 33.2 Å². The minimum Gasteiger partial charge on any atom is -0.352 e. The van der Waals surface area contributed by atoms with Crippen molar-refractivity contribution in [1.82, 2.24) is 5.32 Å². The SMILES string of the molecule is CCCCNC(=O)c1ccc(NS(=O)(=O)c2ccccc2)cc1Cl. The summed E-state index contributed by atoms with van der Waals surface area (Å²) in [4.78, 5) is 12.2. The van der Waals surface area contributed by atoms with E-state index in [1.54, 1.807) is 18.2 Å². The molecule has 0 fully saturated rings. The van der Waals surface area contributed by atoms with Crippen LogP contribution in [0.25, 0.3) is 0 Å². The molecule has 0 aliphatic carbocycles. The topological polar surface area (TPSA) is 75.3 Å². The third-order valence-corrected chi connectivity index (χ3v) is 5.05. The fourth-order valence-electron chi connectivity index (χ4n) is 2.05. The molecule has 2 rings (SSSR count). The maximum absolute atomic E-state index is 12.3. The predicted molar refractivity (Wildman–Crippen MR) is 95.9 cm³/mol. The molecule has 1 amide bonds. The fraction of sp³-hybridized carbons (Fsp3) is 0.235. The average molecular weight is 367 g/mol. The van der Waals surface area contributed by atoms with Gasteiger partial charge in [-0.3, -0.25) is 9.52 Å². The van der Waals surface area contributed by atoms with Crippen LogP contribution in [0.3, 0.4) is 0 Å². The minimum absolute atomic E-state index is 0.155. The molecule has 0 aliphatic heterocycles. The Morgan fingerprint density at radius 3 is 2.46 bits per heavy atom. The summed E-state index contributed by atoms with van der Waals surface area (Å²) in [6.45, 7) is 2.61. The van der Waals surface area contributed by atoms with Crippen LogP contribution in [0.15, 0.2) is 53.4 Å². The molecule has 0 bridgehead atoms. The molecule has 0 saturated heterocycles. The lowest BCUT2D eigenvalue weighted by atomic mass is 10.2. The van der Waals surface area contributed by atoms with Gasteiger partial charge in [-0.2, -0.15) is 0 Å². The third-order valence-electron chi connectivity index (χ3n) is 3.34. The predicted octanol–water partition coefficient (Wildman–Crippen LogP) is 3.67. The van der Waals surface area contributed by atoms with E-state index in [1.807, 2.05) is 6.92 Å². The van der Waals surface area contributed by atoms with E-state index in [4.69, 9.17) is 11.6 Å². The number of nitrogens with one attached hydrogen (secondary N) is 2. The van der Waals surface area contributed by atoms with Crippen molar-refractivity contribution in [1.29, 1.82) is 0 Å². The summed E-state index contributed by atoms with van der Waals surface area (Å²) in [6, 6.07) is 12.5. The standard InChI is InChI=1S/C17H19ClN2O3S/c1-2-3-11-19-17(21)15-10-9-13(12-16(15)18)20-24(22,23)14-7-5-4-6-8-14/h4-10,12,20H,2-3,11H2,1H3,(H,19,21). The molecule has 24 heavy (non-hydrogen) atoms. The van der Waals surface area contributed by atoms with E-state index in [2.05, 4.69) is 10.0 Å². The maximum Gasteiger partial charge on any atom is 0.261 e. The van der Waals surface area contributed by atoms with Gasteiger partial charge in [0.1, 0.15) is 0 Å². The zero-order valence-corrected chi connectivity index (χ0v) is 14.8. The molecule has 0 heterocycles. The van der Waals surface area contributed by atoms with Gasteiger partial charge in [0.05, 0.1) is 21.2 Å². The zero-order valence-electron chi connectivity index (χ0n) is 13.3. The highest BCUT2D eigenvalue weighted by molar-refractivity contribution is 7.92. The second-order valence-electron chi connectivity index (χ2n) is 5.22. The van der Waals surface area contributed by atoms with Crippen molar-refractivity contribution in [2.45, 2.75) is 24.7 Å². The number of carbonyl (C=O) groups is 1. The maximum atomic E-state index is 12.3. The van der Waals surface area contributed by atoms with E-state index in [9.17, 15) is 13.2 Å². The van der Waals surface area contributed by atoms with Crippen LogP contribution in [-0.2, 0) is 10.0 Å². The Bertz CT molecular complexity index is 808. The molecule has 0 saturated carbocycles. The van der Waals surface area contributed by atoms with Gasteiger partial charge in [0.15, 0.2) is 0 Å². The summed E-state index contributed by atoms with van der Waals surface area (Å²) in [5.74, 6) is -0.272. The first-order valence-corrected chi connectivity index (χ1v) is 9.46. The number of sulfonamides is 1. The van der Waals surface area contributed by atoms with E-state index >= 15 is 0 Å². The summed E-state index contributed by atoms with van der Waals surface area (Å²) in [7, 11) is -3.69. The molecule has 2 N–H and O–H groups in total. The molecule has 0 unspecified atom stereocenters. The Labute approximate surface area is 147 Å². The van der Waals surface area contributed by atoms with Gasteiger partial charge in [0, 0.05) is 6.54 Å². The molecule has 2 aromatic rings. The summed E-state index contributed by atoms with van der Waals surface area (Å²) in [5.41, 5.74) is 0.615. The molecule has 0 aromatic heterocycles. The number of hydrogen-bond acceptors (Lipinski definition) is 3. The molecule has 0 aliphatic rings. The number of carbonyl (C=O) groups excluding carboxylic acids is 1. The van der Waals surface area contributed by atoms with Crippen LogP contribution in [0.2, 0.25) is 5.02 Å². The van der Waals surface area contributed by atoms with E-state index in [0.29, 0.717) is 17.8 Å². The van der Waals surface area contributed by atoms with Crippen molar-refractivity contribution in [3.8, 4) is 0 Å². The minimum atomic E-state index is -3.69. The Morgan fingerprint density at radius 2 is 1.83 bits per heavy atom. The first kappa shape index (κ1) is 18.3. The lowest BCUT2D eigenvalue weighted by Crippen LogP contribution is -2.24. The van der Waals surface area contributed by atoms with Gasteiger partial charge in [0.25, 0.3) is 15.9 Å². The van der Waals surface area contributed by atoms with Crippen molar-refractivity contribution in [2.75, 3.05) is 11.3 Å². The molecule has 0 spiro atoms. The number of unbranched alkanes of at least 4 members (excludes halogenated alkanes) is 1. The molecular weight excluding hydrogens is 348 g/mol. The van der Waals surface area contributed by atoms with Crippen LogP contribution in [0.4, 0.5) is 5.69 Å². The van der Waals surface area contributed by atoms with Gasteiger partial charge in [-0.1, -0.05) is 43.1 Å². The van der Waals surface area contributed by atoms with Crippen LogP contribution in [0.5, 0.6) is 0 Å². The van der Waals surface area contributed by atoms with Gasteiger partial charge < -0.3 is 5.32 Å². The second kappa shape index (κ2) is 8.17. The van der Waals surface area contributed by atoms with E-state index in [1.165, 1.54) is 30.3 Å². The summed E-state index contributed by atoms with van der Waals surface area (Å²) >= 11 is 6.12. The molecule has 2 aromatic carbocycles. The van der Waals surface area contributed by atoms with Gasteiger partial charge >= 0.3 is 0 Å². The zero-order chi connectivity index (χ0) is 17.6. The van der Waals surface area contributed by atoms with Crippen molar-refractivity contribution in [3.63, 3.8) is 0 Å². The first-order chi connectivity index (χ1) is 11.4. The molecule has 128 valence electrons. The monoisotopic (exact) mass is 366 g/mol. The quantitative estimate of drug-likeness (QED) is 0.734. The molecule has 5 nitrogen and oxygen atoms in total. The van der Waals surface area contributed by atoms with E-state index < -0.39 is 10.0 Å². The van der Waals surface area contributed by atoms with Gasteiger partial charge in [-0.05, 0) is 36.8 Å². The Hall–Kier alpha value is -2.05. The average Bonchev–Trinajstić information content (AvgIpc) is 2.55. The Balaban J connectivity index is 2.14.